The van der Waals surface area contributed by atoms with Crippen molar-refractivity contribution in [1.29, 1.82) is 0 Å². The monoisotopic (exact) mass is 578 g/mol. The predicted octanol–water partition coefficient (Wildman–Crippen LogP) is 5.48. The number of aromatic nitrogens is 1. The summed E-state index contributed by atoms with van der Waals surface area (Å²) in [7, 11) is 0. The van der Waals surface area contributed by atoms with E-state index in [1.807, 2.05) is 54.8 Å². The number of rotatable bonds is 8. The van der Waals surface area contributed by atoms with Gasteiger partial charge in [-0.2, -0.15) is 0 Å². The van der Waals surface area contributed by atoms with Crippen LogP contribution in [0.1, 0.15) is 66.2 Å². The van der Waals surface area contributed by atoms with Crippen molar-refractivity contribution >= 4 is 34.9 Å². The Morgan fingerprint density at radius 1 is 0.976 bits per heavy atom. The molecule has 1 aromatic carbocycles. The van der Waals surface area contributed by atoms with Gasteiger partial charge in [0.15, 0.2) is 5.78 Å². The van der Waals surface area contributed by atoms with Crippen LogP contribution in [-0.2, 0) is 9.59 Å². The molecule has 1 saturated carbocycles. The molecular formula is C33H43ClN4O3. The van der Waals surface area contributed by atoms with Crippen LogP contribution in [-0.4, -0.2) is 71.6 Å². The number of likely N-dealkylation sites (tertiary alicyclic amines) is 2. The van der Waals surface area contributed by atoms with Gasteiger partial charge in [-0.1, -0.05) is 17.7 Å². The minimum Gasteiger partial charge on any atom is -0.343 e. The van der Waals surface area contributed by atoms with Crippen LogP contribution < -0.4 is 4.90 Å². The molecule has 1 aromatic heterocycles. The molecule has 2 aromatic rings. The average Bonchev–Trinajstić information content (AvgIpc) is 3.51. The Labute approximate surface area is 249 Å². The molecule has 3 aliphatic rings. The van der Waals surface area contributed by atoms with Crippen molar-refractivity contribution in [3.8, 4) is 0 Å². The molecule has 0 spiro atoms. The number of benzene rings is 1. The average molecular weight is 579 g/mol. The number of anilines is 1. The number of hydrogen-bond donors (Lipinski definition) is 0. The minimum absolute atomic E-state index is 0.0754. The quantitative estimate of drug-likeness (QED) is 0.388. The van der Waals surface area contributed by atoms with Gasteiger partial charge < -0.3 is 14.7 Å². The highest BCUT2D eigenvalue weighted by Gasteiger charge is 2.43. The summed E-state index contributed by atoms with van der Waals surface area (Å²) >= 11 is 6.47. The van der Waals surface area contributed by atoms with Gasteiger partial charge in [-0.25, -0.2) is 0 Å². The second kappa shape index (κ2) is 12.6. The van der Waals surface area contributed by atoms with E-state index < -0.39 is 0 Å². The third kappa shape index (κ3) is 6.51. The molecule has 0 radical (unpaired) electrons. The second-order valence-corrected chi connectivity index (χ2v) is 12.9. The molecular weight excluding hydrogens is 536 g/mol. The number of piperidine rings is 1. The number of amides is 2. The molecule has 0 N–H and O–H groups in total. The Morgan fingerprint density at radius 2 is 1.66 bits per heavy atom. The van der Waals surface area contributed by atoms with Crippen LogP contribution in [0.25, 0.3) is 0 Å². The van der Waals surface area contributed by atoms with Gasteiger partial charge in [0.25, 0.3) is 0 Å². The van der Waals surface area contributed by atoms with Crippen molar-refractivity contribution in [3.63, 3.8) is 0 Å². The molecule has 2 saturated heterocycles. The highest BCUT2D eigenvalue weighted by Crippen LogP contribution is 2.43. The summed E-state index contributed by atoms with van der Waals surface area (Å²) in [5, 5.41) is 0.667. The van der Waals surface area contributed by atoms with E-state index in [2.05, 4.69) is 9.88 Å². The number of ketones is 1. The van der Waals surface area contributed by atoms with E-state index in [0.29, 0.717) is 49.3 Å². The molecule has 41 heavy (non-hydrogen) atoms. The number of fused-ring (bicyclic) bond motifs is 1. The largest absolute Gasteiger partial charge is 0.343 e. The maximum atomic E-state index is 13.8. The van der Waals surface area contributed by atoms with Gasteiger partial charge in [0.1, 0.15) is 0 Å². The lowest BCUT2D eigenvalue weighted by molar-refractivity contribution is -0.133. The third-order valence-corrected chi connectivity index (χ3v) is 10.1. The summed E-state index contributed by atoms with van der Waals surface area (Å²) < 4.78 is 0. The van der Waals surface area contributed by atoms with Crippen LogP contribution in [0.2, 0.25) is 5.02 Å². The van der Waals surface area contributed by atoms with Gasteiger partial charge in [0.05, 0.1) is 0 Å². The van der Waals surface area contributed by atoms with E-state index in [1.165, 1.54) is 0 Å². The first-order valence-electron chi connectivity index (χ1n) is 15.1. The fourth-order valence-electron chi connectivity index (χ4n) is 7.29. The van der Waals surface area contributed by atoms with Crippen LogP contribution in [0.15, 0.2) is 30.5 Å². The molecule has 3 heterocycles. The van der Waals surface area contributed by atoms with Crippen molar-refractivity contribution < 1.29 is 14.4 Å². The zero-order valence-corrected chi connectivity index (χ0v) is 25.6. The lowest BCUT2D eigenvalue weighted by Gasteiger charge is -2.34. The van der Waals surface area contributed by atoms with Gasteiger partial charge >= 0.3 is 0 Å². The van der Waals surface area contributed by atoms with Crippen LogP contribution in [0, 0.1) is 44.4 Å². The van der Waals surface area contributed by atoms with Crippen LogP contribution >= 0.6 is 11.6 Å². The van der Waals surface area contributed by atoms with Gasteiger partial charge in [-0.15, -0.1) is 0 Å². The number of hydrogen-bond acceptors (Lipinski definition) is 5. The number of carbonyl (C=O) groups is 3. The summed E-state index contributed by atoms with van der Waals surface area (Å²) in [6.45, 7) is 12.4. The summed E-state index contributed by atoms with van der Waals surface area (Å²) in [5.74, 6) is 1.61. The lowest BCUT2D eigenvalue weighted by Crippen LogP contribution is -2.44. The summed E-state index contributed by atoms with van der Waals surface area (Å²) in [4.78, 5) is 49.5. The fourth-order valence-corrected chi connectivity index (χ4v) is 7.47. The Bertz CT molecular complexity index is 1270. The normalized spacial score (nSPS) is 23.0. The van der Waals surface area contributed by atoms with E-state index in [9.17, 15) is 14.4 Å². The van der Waals surface area contributed by atoms with E-state index in [1.54, 1.807) is 13.1 Å². The number of Topliss-reactive ketones (excluding diaryl/α,β-unsaturated/α-hetero) is 1. The molecule has 3 fully saturated rings. The first kappa shape index (κ1) is 29.7. The maximum Gasteiger partial charge on any atom is 0.230 e. The lowest BCUT2D eigenvalue weighted by atomic mass is 9.91. The Kier molecular flexibility index (Phi) is 9.15. The molecule has 1 aliphatic carbocycles. The number of halogens is 1. The molecule has 7 nitrogen and oxygen atoms in total. The predicted molar refractivity (Wildman–Crippen MR) is 162 cm³/mol. The van der Waals surface area contributed by atoms with Crippen LogP contribution in [0.3, 0.4) is 0 Å². The van der Waals surface area contributed by atoms with E-state index in [-0.39, 0.29) is 29.4 Å². The molecule has 2 unspecified atom stereocenters. The van der Waals surface area contributed by atoms with Gasteiger partial charge in [0, 0.05) is 79.6 Å². The molecule has 220 valence electrons. The maximum absolute atomic E-state index is 13.8. The van der Waals surface area contributed by atoms with E-state index >= 15 is 0 Å². The van der Waals surface area contributed by atoms with Crippen molar-refractivity contribution in [1.82, 2.24) is 14.8 Å². The zero-order chi connectivity index (χ0) is 29.3. The molecule has 2 aliphatic heterocycles. The fraction of sp³-hybridized carbons (Fsp3) is 0.576. The van der Waals surface area contributed by atoms with Crippen molar-refractivity contribution in [2.75, 3.05) is 44.2 Å². The smallest absolute Gasteiger partial charge is 0.230 e. The standard InChI is InChI=1S/C33H43ClN4O3/c1-21-6-7-29(18-30(21)34)38(33(41)25-9-14-37(15-10-25)24(4)39)13-5-12-36-19-27-16-26(17-28(27)20-36)32(40)31-22(2)8-11-35-23(31)3/h6-8,11,18,25-28H,5,9-10,12-17,19-20H2,1-4H3. The van der Waals surface area contributed by atoms with Crippen LogP contribution in [0.4, 0.5) is 5.69 Å². The third-order valence-electron chi connectivity index (χ3n) is 9.67. The minimum atomic E-state index is -0.0848. The first-order chi connectivity index (χ1) is 19.6. The van der Waals surface area contributed by atoms with Crippen molar-refractivity contribution in [3.05, 3.63) is 57.9 Å². The molecule has 5 rings (SSSR count). The van der Waals surface area contributed by atoms with E-state index in [4.69, 9.17) is 11.6 Å². The molecule has 8 heteroatoms. The summed E-state index contributed by atoms with van der Waals surface area (Å²) in [6.07, 6.45) is 5.96. The number of pyridine rings is 1. The zero-order valence-electron chi connectivity index (χ0n) is 24.9. The Hall–Kier alpha value is -2.77. The molecule has 0 bridgehead atoms. The topological polar surface area (TPSA) is 73.8 Å². The van der Waals surface area contributed by atoms with Crippen molar-refractivity contribution in [2.24, 2.45) is 23.7 Å². The number of nitrogens with zero attached hydrogens (tertiary/aromatic N) is 4. The van der Waals surface area contributed by atoms with Crippen molar-refractivity contribution in [2.45, 2.75) is 59.8 Å². The number of carbonyl (C=O) groups excluding carboxylic acids is 3. The molecule has 2 amide bonds. The highest BCUT2D eigenvalue weighted by atomic mass is 35.5. The first-order valence-corrected chi connectivity index (χ1v) is 15.5. The van der Waals surface area contributed by atoms with Gasteiger partial charge in [-0.05, 0) is 101 Å². The summed E-state index contributed by atoms with van der Waals surface area (Å²) in [6, 6.07) is 7.81. The van der Waals surface area contributed by atoms with E-state index in [0.717, 1.165) is 67.0 Å². The van der Waals surface area contributed by atoms with Crippen LogP contribution in [0.5, 0.6) is 0 Å². The molecule has 2 atom stereocenters. The SMILES string of the molecule is CC(=O)N1CCC(C(=O)N(CCCN2CC3CC(C(=O)c4c(C)ccnc4C)CC3C2)c2ccc(C)c(Cl)c2)CC1. The van der Waals surface area contributed by atoms with Gasteiger partial charge in [-0.3, -0.25) is 19.4 Å². The Morgan fingerprint density at radius 3 is 2.27 bits per heavy atom. The summed E-state index contributed by atoms with van der Waals surface area (Å²) in [5.41, 5.74) is 4.53. The second-order valence-electron chi connectivity index (χ2n) is 12.5. The number of aryl methyl sites for hydroxylation is 3. The highest BCUT2D eigenvalue weighted by molar-refractivity contribution is 6.31. The van der Waals surface area contributed by atoms with Gasteiger partial charge in [0.2, 0.25) is 11.8 Å². The Balaban J connectivity index is 1.17.